The quantitative estimate of drug-likeness (QED) is 0.848. The van der Waals surface area contributed by atoms with Crippen LogP contribution in [0.4, 0.5) is 0 Å². The first kappa shape index (κ1) is 11.8. The van der Waals surface area contributed by atoms with Gasteiger partial charge in [-0.1, -0.05) is 0 Å². The molecule has 20 heavy (non-hydrogen) atoms. The van der Waals surface area contributed by atoms with Crippen LogP contribution in [0.2, 0.25) is 0 Å². The fraction of sp³-hybridized carbons (Fsp3) is 0.500. The van der Waals surface area contributed by atoms with E-state index >= 15 is 0 Å². The molecule has 2 atom stereocenters. The van der Waals surface area contributed by atoms with E-state index in [4.69, 9.17) is 4.52 Å². The number of aliphatic hydroxyl groups is 1. The third-order valence-electron chi connectivity index (χ3n) is 4.44. The Morgan fingerprint density at radius 1 is 1.30 bits per heavy atom. The maximum Gasteiger partial charge on any atom is 0.254 e. The zero-order valence-electron chi connectivity index (χ0n) is 10.9. The lowest BCUT2D eigenvalue weighted by Gasteiger charge is -2.37. The van der Waals surface area contributed by atoms with Gasteiger partial charge in [0.1, 0.15) is 5.52 Å². The van der Waals surface area contributed by atoms with Crippen LogP contribution in [-0.2, 0) is 0 Å². The van der Waals surface area contributed by atoms with Crippen LogP contribution in [0, 0.1) is 0 Å². The predicted octanol–water partition coefficient (Wildman–Crippen LogP) is 1.35. The van der Waals surface area contributed by atoms with Gasteiger partial charge in [0, 0.05) is 22.9 Å². The number of rotatable bonds is 1. The van der Waals surface area contributed by atoms with Crippen molar-refractivity contribution in [1.29, 1.82) is 0 Å². The Kier molecular flexibility index (Phi) is 2.53. The molecule has 104 valence electrons. The van der Waals surface area contributed by atoms with E-state index in [9.17, 15) is 9.90 Å². The van der Waals surface area contributed by atoms with Gasteiger partial charge in [0.25, 0.3) is 5.91 Å². The fourth-order valence-electron chi connectivity index (χ4n) is 3.54. The molecular weight excluding hydrogens is 258 g/mol. The van der Waals surface area contributed by atoms with Gasteiger partial charge in [0.05, 0.1) is 6.10 Å². The van der Waals surface area contributed by atoms with E-state index in [2.05, 4.69) is 10.4 Å². The molecule has 2 fully saturated rings. The summed E-state index contributed by atoms with van der Waals surface area (Å²) in [6.07, 6.45) is 3.09. The molecule has 4 rings (SSSR count). The zero-order valence-corrected chi connectivity index (χ0v) is 10.9. The second kappa shape index (κ2) is 4.28. The molecule has 1 aromatic heterocycles. The maximum atomic E-state index is 12.7. The highest BCUT2D eigenvalue weighted by Crippen LogP contribution is 2.36. The first-order valence-electron chi connectivity index (χ1n) is 6.95. The van der Waals surface area contributed by atoms with Crippen molar-refractivity contribution in [2.45, 2.75) is 43.9 Å². The van der Waals surface area contributed by atoms with Crippen LogP contribution in [0.25, 0.3) is 11.1 Å². The first-order chi connectivity index (χ1) is 9.72. The summed E-state index contributed by atoms with van der Waals surface area (Å²) in [7, 11) is 0. The van der Waals surface area contributed by atoms with Gasteiger partial charge in [-0.15, -0.1) is 5.10 Å². The lowest BCUT2D eigenvalue weighted by Crippen LogP contribution is -2.47. The minimum atomic E-state index is -0.265. The van der Waals surface area contributed by atoms with E-state index in [1.807, 2.05) is 4.90 Å². The van der Waals surface area contributed by atoms with Gasteiger partial charge in [-0.05, 0) is 43.9 Å². The number of piperidine rings is 1. The molecule has 0 spiro atoms. The second-order valence-electron chi connectivity index (χ2n) is 5.68. The molecule has 0 saturated carbocycles. The van der Waals surface area contributed by atoms with E-state index < -0.39 is 0 Å². The van der Waals surface area contributed by atoms with Crippen LogP contribution >= 0.6 is 0 Å². The predicted molar refractivity (Wildman–Crippen MR) is 70.0 cm³/mol. The van der Waals surface area contributed by atoms with E-state index in [0.29, 0.717) is 29.5 Å². The van der Waals surface area contributed by atoms with Crippen molar-refractivity contribution in [2.75, 3.05) is 0 Å². The Labute approximate surface area is 115 Å². The average Bonchev–Trinajstić information content (AvgIpc) is 3.00. The summed E-state index contributed by atoms with van der Waals surface area (Å²) in [6.45, 7) is 0. The van der Waals surface area contributed by atoms with Crippen molar-refractivity contribution in [3.63, 3.8) is 0 Å². The normalized spacial score (nSPS) is 29.1. The summed E-state index contributed by atoms with van der Waals surface area (Å²) in [6, 6.07) is 5.54. The molecule has 1 amide bonds. The highest BCUT2D eigenvalue weighted by Gasteiger charge is 2.42. The molecule has 0 aliphatic carbocycles. The minimum absolute atomic E-state index is 0.0225. The van der Waals surface area contributed by atoms with Crippen molar-refractivity contribution in [3.05, 3.63) is 23.8 Å². The molecule has 6 heteroatoms. The SMILES string of the molecule is O=C(c1ccc2onnc2c1)N1C2CCC1CC(O)C2. The lowest BCUT2D eigenvalue weighted by atomic mass is 9.98. The molecule has 3 heterocycles. The molecule has 0 radical (unpaired) electrons. The molecule has 6 nitrogen and oxygen atoms in total. The number of fused-ring (bicyclic) bond motifs is 3. The van der Waals surface area contributed by atoms with Crippen molar-refractivity contribution < 1.29 is 14.4 Å². The second-order valence-corrected chi connectivity index (χ2v) is 5.68. The van der Waals surface area contributed by atoms with Gasteiger partial charge < -0.3 is 14.5 Å². The van der Waals surface area contributed by atoms with Gasteiger partial charge >= 0.3 is 0 Å². The van der Waals surface area contributed by atoms with Crippen LogP contribution < -0.4 is 0 Å². The largest absolute Gasteiger partial charge is 0.393 e. The Bertz CT molecular complexity index is 654. The Balaban J connectivity index is 1.66. The topological polar surface area (TPSA) is 79.5 Å². The number of hydrogen-bond donors (Lipinski definition) is 1. The number of benzene rings is 1. The summed E-state index contributed by atoms with van der Waals surface area (Å²) in [5.41, 5.74) is 1.79. The van der Waals surface area contributed by atoms with Crippen LogP contribution in [0.3, 0.4) is 0 Å². The molecule has 2 unspecified atom stereocenters. The number of carbonyl (C=O) groups excluding carboxylic acids is 1. The summed E-state index contributed by atoms with van der Waals surface area (Å²) < 4.78 is 4.95. The van der Waals surface area contributed by atoms with Crippen molar-refractivity contribution in [3.8, 4) is 0 Å². The van der Waals surface area contributed by atoms with E-state index in [1.54, 1.807) is 18.2 Å². The van der Waals surface area contributed by atoms with Crippen LogP contribution in [0.15, 0.2) is 22.7 Å². The number of amides is 1. The third kappa shape index (κ3) is 1.71. The van der Waals surface area contributed by atoms with Gasteiger partial charge in [-0.3, -0.25) is 4.79 Å². The van der Waals surface area contributed by atoms with Crippen molar-refractivity contribution in [1.82, 2.24) is 15.3 Å². The Morgan fingerprint density at radius 3 is 2.80 bits per heavy atom. The summed E-state index contributed by atoms with van der Waals surface area (Å²) in [5.74, 6) is 0.0225. The third-order valence-corrected chi connectivity index (χ3v) is 4.44. The molecule has 1 aromatic carbocycles. The average molecular weight is 273 g/mol. The standard InChI is InChI=1S/C14H15N3O3/c18-11-6-9-2-3-10(7-11)17(9)14(19)8-1-4-13-12(5-8)15-16-20-13/h1,4-5,9-11,18H,2-3,6-7H2. The summed E-state index contributed by atoms with van der Waals surface area (Å²) in [4.78, 5) is 14.6. The molecule has 2 aliphatic heterocycles. The number of nitrogens with zero attached hydrogens (tertiary/aromatic N) is 3. The van der Waals surface area contributed by atoms with Gasteiger partial charge in [-0.2, -0.15) is 0 Å². The van der Waals surface area contributed by atoms with E-state index in [0.717, 1.165) is 12.8 Å². The number of carbonyl (C=O) groups is 1. The monoisotopic (exact) mass is 273 g/mol. The maximum absolute atomic E-state index is 12.7. The molecule has 2 saturated heterocycles. The highest BCUT2D eigenvalue weighted by atomic mass is 16.5. The smallest absolute Gasteiger partial charge is 0.254 e. The molecule has 1 N–H and O–H groups in total. The fourth-order valence-corrected chi connectivity index (χ4v) is 3.54. The number of aromatic nitrogens is 2. The minimum Gasteiger partial charge on any atom is -0.393 e. The molecular formula is C14H15N3O3. The highest BCUT2D eigenvalue weighted by molar-refractivity contribution is 5.97. The van der Waals surface area contributed by atoms with E-state index in [-0.39, 0.29) is 24.1 Å². The Morgan fingerprint density at radius 2 is 2.05 bits per heavy atom. The molecule has 2 aliphatic rings. The zero-order chi connectivity index (χ0) is 13.7. The van der Waals surface area contributed by atoms with Gasteiger partial charge in [0.15, 0.2) is 5.58 Å². The summed E-state index contributed by atoms with van der Waals surface area (Å²) >= 11 is 0. The molecule has 2 aromatic rings. The van der Waals surface area contributed by atoms with E-state index in [1.165, 1.54) is 0 Å². The van der Waals surface area contributed by atoms with Gasteiger partial charge in [0.2, 0.25) is 0 Å². The van der Waals surface area contributed by atoms with Crippen molar-refractivity contribution in [2.24, 2.45) is 0 Å². The first-order valence-corrected chi connectivity index (χ1v) is 6.95. The van der Waals surface area contributed by atoms with Crippen LogP contribution in [0.5, 0.6) is 0 Å². The summed E-state index contributed by atoms with van der Waals surface area (Å²) in [5, 5.41) is 17.1. The van der Waals surface area contributed by atoms with Crippen LogP contribution in [0.1, 0.15) is 36.0 Å². The van der Waals surface area contributed by atoms with Crippen molar-refractivity contribution >= 4 is 17.0 Å². The number of hydrogen-bond acceptors (Lipinski definition) is 5. The Hall–Kier alpha value is -1.95. The molecule has 2 bridgehead atoms. The lowest BCUT2D eigenvalue weighted by molar-refractivity contribution is 0.0287. The van der Waals surface area contributed by atoms with Gasteiger partial charge in [-0.25, -0.2) is 0 Å². The van der Waals surface area contributed by atoms with Crippen LogP contribution in [-0.4, -0.2) is 44.5 Å². The number of aliphatic hydroxyl groups excluding tert-OH is 1.